The predicted molar refractivity (Wildman–Crippen MR) is 70.3 cm³/mol. The van der Waals surface area contributed by atoms with E-state index in [1.54, 1.807) is 7.11 Å². The Morgan fingerprint density at radius 3 is 2.82 bits per heavy atom. The fourth-order valence-electron chi connectivity index (χ4n) is 2.29. The van der Waals surface area contributed by atoms with Crippen molar-refractivity contribution in [1.29, 1.82) is 0 Å². The summed E-state index contributed by atoms with van der Waals surface area (Å²) in [6.07, 6.45) is 0.932. The predicted octanol–water partition coefficient (Wildman–Crippen LogP) is 3.00. The number of aryl methyl sites for hydroxylation is 2. The molecule has 0 spiro atoms. The number of H-pyrrole nitrogens is 1. The molecule has 0 aliphatic rings. The Bertz CT molecular complexity index is 516. The van der Waals surface area contributed by atoms with Gasteiger partial charge >= 0.3 is 0 Å². The van der Waals surface area contributed by atoms with Crippen molar-refractivity contribution in [3.63, 3.8) is 0 Å². The molecule has 1 N–H and O–H groups in total. The van der Waals surface area contributed by atoms with Gasteiger partial charge in [-0.15, -0.1) is 0 Å². The monoisotopic (exact) mass is 232 g/mol. The van der Waals surface area contributed by atoms with Gasteiger partial charge in [-0.3, -0.25) is 0 Å². The van der Waals surface area contributed by atoms with Gasteiger partial charge in [0.2, 0.25) is 0 Å². The third kappa shape index (κ3) is 2.67. The number of nitrogens with one attached hydrogen (secondary N) is 1. The molecular weight excluding hydrogens is 212 g/mol. The van der Waals surface area contributed by atoms with Crippen molar-refractivity contribution in [3.05, 3.63) is 29.1 Å². The van der Waals surface area contributed by atoms with Gasteiger partial charge in [0.05, 0.1) is 11.0 Å². The van der Waals surface area contributed by atoms with Gasteiger partial charge < -0.3 is 9.72 Å². The van der Waals surface area contributed by atoms with Gasteiger partial charge in [-0.25, -0.2) is 4.98 Å². The average molecular weight is 232 g/mol. The Balaban J connectivity index is 2.28. The molecule has 1 unspecified atom stereocenters. The zero-order valence-electron chi connectivity index (χ0n) is 11.0. The Hall–Kier alpha value is -1.35. The van der Waals surface area contributed by atoms with Crippen molar-refractivity contribution in [2.45, 2.75) is 27.2 Å². The first kappa shape index (κ1) is 12.1. The minimum atomic E-state index is 0.488. The van der Waals surface area contributed by atoms with Crippen molar-refractivity contribution in [3.8, 4) is 0 Å². The van der Waals surface area contributed by atoms with Crippen LogP contribution < -0.4 is 0 Å². The van der Waals surface area contributed by atoms with Gasteiger partial charge in [0.25, 0.3) is 0 Å². The van der Waals surface area contributed by atoms with E-state index in [0.717, 1.165) is 29.9 Å². The minimum absolute atomic E-state index is 0.488. The highest BCUT2D eigenvalue weighted by atomic mass is 16.5. The molecule has 1 heterocycles. The molecule has 0 bridgehead atoms. The van der Waals surface area contributed by atoms with E-state index in [0.29, 0.717) is 5.92 Å². The molecule has 17 heavy (non-hydrogen) atoms. The second-order valence-corrected chi connectivity index (χ2v) is 4.93. The molecule has 1 aromatic heterocycles. The van der Waals surface area contributed by atoms with E-state index >= 15 is 0 Å². The molecule has 0 amide bonds. The van der Waals surface area contributed by atoms with Crippen molar-refractivity contribution >= 4 is 11.0 Å². The van der Waals surface area contributed by atoms with E-state index in [-0.39, 0.29) is 0 Å². The second-order valence-electron chi connectivity index (χ2n) is 4.93. The van der Waals surface area contributed by atoms with Crippen LogP contribution in [0.2, 0.25) is 0 Å². The maximum Gasteiger partial charge on any atom is 0.107 e. The van der Waals surface area contributed by atoms with E-state index in [2.05, 4.69) is 42.9 Å². The number of rotatable bonds is 4. The summed E-state index contributed by atoms with van der Waals surface area (Å²) in [5.41, 5.74) is 4.74. The van der Waals surface area contributed by atoms with E-state index in [1.807, 2.05) is 0 Å². The molecule has 3 nitrogen and oxygen atoms in total. The van der Waals surface area contributed by atoms with Crippen molar-refractivity contribution in [1.82, 2.24) is 9.97 Å². The number of hydrogen-bond acceptors (Lipinski definition) is 2. The van der Waals surface area contributed by atoms with Gasteiger partial charge in [-0.1, -0.05) is 13.0 Å². The lowest BCUT2D eigenvalue weighted by atomic mass is 10.1. The molecule has 0 aliphatic heterocycles. The highest BCUT2D eigenvalue weighted by Crippen LogP contribution is 2.19. The lowest BCUT2D eigenvalue weighted by Crippen LogP contribution is -2.07. The maximum atomic E-state index is 5.15. The van der Waals surface area contributed by atoms with Crippen LogP contribution in [-0.2, 0) is 11.2 Å². The van der Waals surface area contributed by atoms with Crippen LogP contribution in [0.4, 0.5) is 0 Å². The van der Waals surface area contributed by atoms with E-state index in [4.69, 9.17) is 4.74 Å². The first-order chi connectivity index (χ1) is 8.10. The Labute approximate surface area is 102 Å². The summed E-state index contributed by atoms with van der Waals surface area (Å²) in [5, 5.41) is 0. The number of methoxy groups -OCH3 is 1. The maximum absolute atomic E-state index is 5.15. The molecule has 1 atom stereocenters. The highest BCUT2D eigenvalue weighted by molar-refractivity contribution is 5.79. The van der Waals surface area contributed by atoms with Crippen LogP contribution in [0.15, 0.2) is 12.1 Å². The quantitative estimate of drug-likeness (QED) is 0.880. The highest BCUT2D eigenvalue weighted by Gasteiger charge is 2.09. The Morgan fingerprint density at radius 2 is 2.12 bits per heavy atom. The van der Waals surface area contributed by atoms with Crippen LogP contribution in [0.1, 0.15) is 23.9 Å². The number of ether oxygens (including phenoxy) is 1. The summed E-state index contributed by atoms with van der Waals surface area (Å²) in [6, 6.07) is 4.32. The molecule has 1 aromatic carbocycles. The standard InChI is InChI=1S/C14H20N2O/c1-9-5-11(3)14-12(6-9)15-13(16-14)7-10(2)8-17-4/h5-6,10H,7-8H2,1-4H3,(H,15,16). The van der Waals surface area contributed by atoms with Crippen LogP contribution in [0.5, 0.6) is 0 Å². The van der Waals surface area contributed by atoms with Gasteiger partial charge in [0, 0.05) is 20.1 Å². The van der Waals surface area contributed by atoms with Crippen LogP contribution in [0.3, 0.4) is 0 Å². The second kappa shape index (κ2) is 4.88. The van der Waals surface area contributed by atoms with Crippen LogP contribution in [-0.4, -0.2) is 23.7 Å². The molecule has 0 aliphatic carbocycles. The molecule has 2 aromatic rings. The van der Waals surface area contributed by atoms with E-state index in [9.17, 15) is 0 Å². The zero-order valence-corrected chi connectivity index (χ0v) is 11.0. The van der Waals surface area contributed by atoms with Gasteiger partial charge in [0.1, 0.15) is 5.82 Å². The van der Waals surface area contributed by atoms with Crippen LogP contribution in [0, 0.1) is 19.8 Å². The smallest absolute Gasteiger partial charge is 0.107 e. The SMILES string of the molecule is COCC(C)Cc1nc2c(C)cc(C)cc2[nH]1. The summed E-state index contributed by atoms with van der Waals surface area (Å²) in [6.45, 7) is 7.17. The summed E-state index contributed by atoms with van der Waals surface area (Å²) in [7, 11) is 1.74. The summed E-state index contributed by atoms with van der Waals surface area (Å²) in [4.78, 5) is 8.06. The average Bonchev–Trinajstić information content (AvgIpc) is 2.60. The number of nitrogens with zero attached hydrogens (tertiary/aromatic N) is 1. The normalized spacial score (nSPS) is 13.2. The van der Waals surface area contributed by atoms with Gasteiger partial charge in [-0.05, 0) is 37.0 Å². The molecule has 0 radical (unpaired) electrons. The summed E-state index contributed by atoms with van der Waals surface area (Å²) < 4.78 is 5.15. The number of fused-ring (bicyclic) bond motifs is 1. The lowest BCUT2D eigenvalue weighted by molar-refractivity contribution is 0.159. The largest absolute Gasteiger partial charge is 0.384 e. The fourth-order valence-corrected chi connectivity index (χ4v) is 2.29. The molecule has 92 valence electrons. The zero-order chi connectivity index (χ0) is 12.4. The molecule has 0 saturated heterocycles. The number of benzene rings is 1. The molecule has 3 heteroatoms. The molecule has 2 rings (SSSR count). The molecule has 0 saturated carbocycles. The molecular formula is C14H20N2O. The Morgan fingerprint density at radius 1 is 1.35 bits per heavy atom. The van der Waals surface area contributed by atoms with Crippen molar-refractivity contribution in [2.24, 2.45) is 5.92 Å². The fraction of sp³-hybridized carbons (Fsp3) is 0.500. The third-order valence-electron chi connectivity index (χ3n) is 2.96. The van der Waals surface area contributed by atoms with Crippen molar-refractivity contribution in [2.75, 3.05) is 13.7 Å². The number of aromatic amines is 1. The topological polar surface area (TPSA) is 37.9 Å². The van der Waals surface area contributed by atoms with E-state index in [1.165, 1.54) is 11.1 Å². The lowest BCUT2D eigenvalue weighted by Gasteiger charge is -2.06. The number of imidazole rings is 1. The van der Waals surface area contributed by atoms with Crippen LogP contribution >= 0.6 is 0 Å². The number of hydrogen-bond donors (Lipinski definition) is 1. The van der Waals surface area contributed by atoms with E-state index < -0.39 is 0 Å². The van der Waals surface area contributed by atoms with Crippen molar-refractivity contribution < 1.29 is 4.74 Å². The first-order valence-electron chi connectivity index (χ1n) is 6.05. The minimum Gasteiger partial charge on any atom is -0.384 e. The first-order valence-corrected chi connectivity index (χ1v) is 6.05. The number of aromatic nitrogens is 2. The molecule has 0 fully saturated rings. The van der Waals surface area contributed by atoms with Gasteiger partial charge in [0.15, 0.2) is 0 Å². The Kier molecular flexibility index (Phi) is 3.48. The van der Waals surface area contributed by atoms with Gasteiger partial charge in [-0.2, -0.15) is 0 Å². The van der Waals surface area contributed by atoms with Crippen LogP contribution in [0.25, 0.3) is 11.0 Å². The summed E-state index contributed by atoms with van der Waals surface area (Å²) >= 11 is 0. The third-order valence-corrected chi connectivity index (χ3v) is 2.96. The summed E-state index contributed by atoms with van der Waals surface area (Å²) in [5.74, 6) is 1.54.